The van der Waals surface area contributed by atoms with E-state index in [0.717, 1.165) is 31.0 Å². The van der Waals surface area contributed by atoms with Crippen LogP contribution >= 0.6 is 19.6 Å². The molecule has 13 heteroatoms. The number of aliphatic hydroxyl groups is 1. The van der Waals surface area contributed by atoms with Gasteiger partial charge in [-0.2, -0.15) is 0 Å². The molecule has 0 aromatic heterocycles. The molecule has 9 nitrogen and oxygen atoms in total. The van der Waals surface area contributed by atoms with E-state index in [1.165, 1.54) is 32.6 Å². The van der Waals surface area contributed by atoms with Crippen molar-refractivity contribution in [2.24, 2.45) is 0 Å². The van der Waals surface area contributed by atoms with Gasteiger partial charge in [0.15, 0.2) is 5.12 Å². The minimum absolute atomic E-state index is 0. The zero-order valence-electron chi connectivity index (χ0n) is 24.7. The molecule has 0 aliphatic heterocycles. The molecule has 0 spiro atoms. The van der Waals surface area contributed by atoms with Crippen molar-refractivity contribution < 1.29 is 115 Å². The first-order chi connectivity index (χ1) is 19.2. The van der Waals surface area contributed by atoms with Gasteiger partial charge in [0.1, 0.15) is 12.9 Å². The summed E-state index contributed by atoms with van der Waals surface area (Å²) in [5.74, 6) is 23.4. The molecule has 0 heterocycles. The Labute approximate surface area is 312 Å². The van der Waals surface area contributed by atoms with E-state index in [-0.39, 0.29) is 90.1 Å². The van der Waals surface area contributed by atoms with E-state index in [1.54, 1.807) is 0 Å². The van der Waals surface area contributed by atoms with E-state index in [0.29, 0.717) is 6.42 Å². The Hall–Kier alpha value is -1.12. The van der Waals surface area contributed by atoms with E-state index in [1.807, 2.05) is 0 Å². The third-order valence-corrected chi connectivity index (χ3v) is 5.12. The Morgan fingerprint density at radius 1 is 0.881 bits per heavy atom. The number of rotatable bonds is 16. The van der Waals surface area contributed by atoms with E-state index in [9.17, 15) is 23.9 Å². The molecule has 0 saturated carbocycles. The number of unbranched alkanes of at least 4 members (excludes halogenated alkanes) is 7. The van der Waals surface area contributed by atoms with Crippen LogP contribution in [0.15, 0.2) is 0 Å². The van der Waals surface area contributed by atoms with Gasteiger partial charge in [-0.1, -0.05) is 51.9 Å². The Morgan fingerprint density at radius 3 is 1.86 bits per heavy atom. The van der Waals surface area contributed by atoms with Crippen LogP contribution in [-0.2, 0) is 28.2 Å². The summed E-state index contributed by atoms with van der Waals surface area (Å²) >= 11 is 0.893. The zero-order valence-corrected chi connectivity index (χ0v) is 30.4. The van der Waals surface area contributed by atoms with Crippen LogP contribution < -0.4 is 68.9 Å². The normalized spacial score (nSPS) is 9.33. The van der Waals surface area contributed by atoms with E-state index >= 15 is 0 Å². The monoisotopic (exact) mass is 652 g/mol. The van der Waals surface area contributed by atoms with Crippen LogP contribution in [0.2, 0.25) is 0 Å². The molecule has 0 unspecified atom stereocenters. The Bertz CT molecular complexity index is 1190. The summed E-state index contributed by atoms with van der Waals surface area (Å²) in [6.07, 6.45) is 12.8. The van der Waals surface area contributed by atoms with Crippen LogP contribution in [-0.4, -0.2) is 42.3 Å². The predicted octanol–water partition coefficient (Wildman–Crippen LogP) is -1.66. The first-order valence-electron chi connectivity index (χ1n) is 12.3. The van der Waals surface area contributed by atoms with Crippen molar-refractivity contribution in [2.75, 3.05) is 20.0 Å². The van der Waals surface area contributed by atoms with Crippen molar-refractivity contribution in [2.45, 2.75) is 77.7 Å². The molecular weight excluding hydrogens is 601 g/mol. The van der Waals surface area contributed by atoms with Crippen LogP contribution in [0.25, 0.3) is 0 Å². The molecule has 0 amide bonds. The van der Waals surface area contributed by atoms with Crippen LogP contribution in [0.4, 0.5) is 0 Å². The van der Waals surface area contributed by atoms with Gasteiger partial charge in [-0.15, -0.1) is 6.42 Å². The maximum atomic E-state index is 11.7. The van der Waals surface area contributed by atoms with Crippen molar-refractivity contribution in [3.05, 3.63) is 0 Å². The summed E-state index contributed by atoms with van der Waals surface area (Å²) in [6.45, 7) is 2.12. The second-order valence-corrected chi connectivity index (χ2v) is 9.68. The van der Waals surface area contributed by atoms with E-state index < -0.39 is 33.3 Å². The maximum absolute atomic E-state index is 11.7. The topological polar surface area (TPSA) is 145 Å². The SMILES string of the molecule is C#CC#CC#CC#CC#CC#CSC(C)=O.CCCCCCCCCCC(=O)O[C@@H](COCO)COP(=O)([O-])[O-].[HH].[HH].[HH].[HH].[HH].[HH].[HH].[HH].[HH].[Na+].[Na+]. The van der Waals surface area contributed by atoms with Crippen molar-refractivity contribution in [1.29, 1.82) is 0 Å². The zero-order chi connectivity index (χ0) is 30.3. The number of thioether (sulfide) groups is 1. The summed E-state index contributed by atoms with van der Waals surface area (Å²) in [7, 11) is -5.15. The molecule has 0 saturated heterocycles. The fourth-order valence-corrected chi connectivity index (χ4v) is 3.10. The van der Waals surface area contributed by atoms with Crippen molar-refractivity contribution in [3.63, 3.8) is 0 Å². The number of phosphoric acid groups is 1. The molecule has 0 aliphatic carbocycles. The minimum Gasteiger partial charge on any atom is -0.790 e. The number of carbonyl (C=O) groups excluding carboxylic acids is 2. The van der Waals surface area contributed by atoms with Crippen LogP contribution in [0.1, 0.15) is 84.5 Å². The molecule has 0 radical (unpaired) electrons. The molecule has 1 atom stereocenters. The first kappa shape index (κ1) is 47.8. The van der Waals surface area contributed by atoms with E-state index in [2.05, 4.69) is 80.6 Å². The van der Waals surface area contributed by atoms with Gasteiger partial charge >= 0.3 is 65.1 Å². The van der Waals surface area contributed by atoms with Gasteiger partial charge in [-0.05, 0) is 70.9 Å². The molecule has 0 bridgehead atoms. The molecule has 234 valence electrons. The summed E-state index contributed by atoms with van der Waals surface area (Å²) in [5, 5.41) is 11.0. The standard InChI is InChI=1S/C15H31O8P.C14H4OS.2Na.9H2/c1-2-3-4-5-6-7-8-9-10-15(17)23-14(11-21-13-16)12-22-24(18,19)20;1-3-4-5-6-7-8-9-10-11-12-13-16-14(2)15;;;;;;;;;;;/h14,16H,2-13H2,1H3,(H2,18,19,20);1H,2H3;;;9*1H/q;;2*+1;;;;;;;;;/p-2/t14-;;;;;;;;;;;;/m0............/s1. The number of ether oxygens (including phenoxy) is 2. The predicted molar refractivity (Wildman–Crippen MR) is 169 cm³/mol. The third kappa shape index (κ3) is 43.3. The van der Waals surface area contributed by atoms with Crippen LogP contribution in [0, 0.1) is 70.9 Å². The largest absolute Gasteiger partial charge is 1.00 e. The Kier molecular flexibility index (Phi) is 41.1. The van der Waals surface area contributed by atoms with Crippen LogP contribution in [0.5, 0.6) is 0 Å². The molecular formula is C29H51Na2O9PS. The molecule has 0 rings (SSSR count). The first-order valence-corrected chi connectivity index (χ1v) is 14.6. The van der Waals surface area contributed by atoms with Gasteiger partial charge in [0.25, 0.3) is 0 Å². The van der Waals surface area contributed by atoms with Gasteiger partial charge in [0.05, 0.1) is 21.0 Å². The molecule has 0 aromatic carbocycles. The fourth-order valence-electron chi connectivity index (χ4n) is 2.50. The average molecular weight is 653 g/mol. The van der Waals surface area contributed by atoms with Gasteiger partial charge < -0.3 is 33.5 Å². The van der Waals surface area contributed by atoms with Crippen LogP contribution in [0.3, 0.4) is 0 Å². The molecule has 0 aromatic rings. The van der Waals surface area contributed by atoms with Gasteiger partial charge in [-0.25, -0.2) is 0 Å². The minimum atomic E-state index is -5.15. The average Bonchev–Trinajstić information content (AvgIpc) is 2.90. The number of esters is 1. The van der Waals surface area contributed by atoms with Crippen molar-refractivity contribution in [1.82, 2.24) is 0 Å². The molecule has 1 N–H and O–H groups in total. The maximum Gasteiger partial charge on any atom is 1.00 e. The number of terminal acetylenes is 1. The molecule has 0 fully saturated rings. The van der Waals surface area contributed by atoms with Gasteiger partial charge in [0, 0.05) is 37.9 Å². The fraction of sp³-hybridized carbons (Fsp3) is 0.517. The Morgan fingerprint density at radius 2 is 1.38 bits per heavy atom. The Balaban J connectivity index is -0.0000000442. The third-order valence-electron chi connectivity index (χ3n) is 4.16. The summed E-state index contributed by atoms with van der Waals surface area (Å²) < 4.78 is 24.2. The number of aliphatic hydroxyl groups excluding tert-OH is 1. The van der Waals surface area contributed by atoms with Crippen molar-refractivity contribution >= 4 is 30.7 Å². The van der Waals surface area contributed by atoms with Gasteiger partial charge in [0.2, 0.25) is 0 Å². The number of hydrogen-bond donors (Lipinski definition) is 1. The summed E-state index contributed by atoms with van der Waals surface area (Å²) in [4.78, 5) is 43.0. The van der Waals surface area contributed by atoms with Gasteiger partial charge in [-0.3, -0.25) is 9.59 Å². The quantitative estimate of drug-likeness (QED) is 0.0514. The number of phosphoric ester groups is 1. The van der Waals surface area contributed by atoms with E-state index in [4.69, 9.17) is 16.3 Å². The number of hydrogen-bond acceptors (Lipinski definition) is 10. The van der Waals surface area contributed by atoms with Crippen molar-refractivity contribution in [3.8, 4) is 70.9 Å². The second kappa shape index (κ2) is 36.1. The molecule has 0 aliphatic rings. The smallest absolute Gasteiger partial charge is 0.790 e. The number of carbonyl (C=O) groups is 2. The second-order valence-electron chi connectivity index (χ2n) is 7.54. The molecule has 42 heavy (non-hydrogen) atoms. The summed E-state index contributed by atoms with van der Waals surface area (Å²) in [5.41, 5.74) is 0. The summed E-state index contributed by atoms with van der Waals surface area (Å²) in [6, 6.07) is 0.